The second kappa shape index (κ2) is 14.1. The molecule has 0 heterocycles. The van der Waals surface area contributed by atoms with Crippen molar-refractivity contribution in [1.82, 2.24) is 10.6 Å². The Labute approximate surface area is 183 Å². The van der Waals surface area contributed by atoms with Gasteiger partial charge in [0.1, 0.15) is 12.3 Å². The van der Waals surface area contributed by atoms with Crippen molar-refractivity contribution in [3.05, 3.63) is 60.2 Å². The van der Waals surface area contributed by atoms with Crippen LogP contribution in [-0.2, 0) is 9.59 Å². The van der Waals surface area contributed by atoms with Crippen LogP contribution in [0.2, 0.25) is 0 Å². The van der Waals surface area contributed by atoms with Crippen molar-refractivity contribution in [3.8, 4) is 11.1 Å². The van der Waals surface area contributed by atoms with Gasteiger partial charge >= 0.3 is 5.97 Å². The van der Waals surface area contributed by atoms with Crippen molar-refractivity contribution in [3.63, 3.8) is 0 Å². The lowest BCUT2D eigenvalue weighted by molar-refractivity contribution is -0.140. The maximum Gasteiger partial charge on any atom is 0.320 e. The van der Waals surface area contributed by atoms with Crippen LogP contribution < -0.4 is 10.6 Å². The molecule has 168 valence electrons. The molecule has 4 N–H and O–H groups in total. The van der Waals surface area contributed by atoms with Gasteiger partial charge in [0.2, 0.25) is 0 Å². The first-order valence-corrected chi connectivity index (χ1v) is 10.2. The lowest BCUT2D eigenvalue weighted by Gasteiger charge is -2.20. The van der Waals surface area contributed by atoms with Gasteiger partial charge in [0.05, 0.1) is 6.04 Å². The smallest absolute Gasteiger partial charge is 0.320 e. The first-order valence-electron chi connectivity index (χ1n) is 10.2. The molecule has 2 rings (SSSR count). The molecular formula is C24H32N2O5. The molecule has 0 aliphatic carbocycles. The Hall–Kier alpha value is -3.03. The van der Waals surface area contributed by atoms with Gasteiger partial charge in [-0.1, -0.05) is 56.3 Å². The Morgan fingerprint density at radius 1 is 0.968 bits per heavy atom. The van der Waals surface area contributed by atoms with Crippen LogP contribution in [0.3, 0.4) is 0 Å². The summed E-state index contributed by atoms with van der Waals surface area (Å²) in [7, 11) is 1.00. The van der Waals surface area contributed by atoms with Crippen LogP contribution in [0.4, 0.5) is 0 Å². The van der Waals surface area contributed by atoms with E-state index in [2.05, 4.69) is 10.6 Å². The third-order valence-electron chi connectivity index (χ3n) is 4.58. The molecule has 0 radical (unpaired) electrons. The number of benzene rings is 2. The first kappa shape index (κ1) is 26.0. The van der Waals surface area contributed by atoms with Crippen LogP contribution in [0.1, 0.15) is 37.0 Å². The molecule has 0 aromatic heterocycles. The summed E-state index contributed by atoms with van der Waals surface area (Å²) in [6, 6.07) is 15.7. The highest BCUT2D eigenvalue weighted by Crippen LogP contribution is 2.19. The number of aliphatic hydroxyl groups excluding tert-OH is 1. The van der Waals surface area contributed by atoms with Crippen LogP contribution in [0, 0.1) is 5.92 Å². The fraction of sp³-hybridized carbons (Fsp3) is 0.375. The molecule has 0 aliphatic heterocycles. The van der Waals surface area contributed by atoms with Crippen molar-refractivity contribution >= 4 is 18.2 Å². The van der Waals surface area contributed by atoms with Gasteiger partial charge in [-0.25, -0.2) is 0 Å². The number of carboxylic acid groups (broad SMARTS) is 1. The summed E-state index contributed by atoms with van der Waals surface area (Å²) >= 11 is 0. The summed E-state index contributed by atoms with van der Waals surface area (Å²) in [5.74, 6) is -1.03. The van der Waals surface area contributed by atoms with Gasteiger partial charge in [-0.15, -0.1) is 0 Å². The fourth-order valence-corrected chi connectivity index (χ4v) is 3.08. The minimum atomic E-state index is -1.04. The molecule has 0 saturated carbocycles. The molecule has 31 heavy (non-hydrogen) atoms. The average molecular weight is 429 g/mol. The van der Waals surface area contributed by atoms with Gasteiger partial charge in [-0.05, 0) is 42.0 Å². The number of rotatable bonds is 11. The highest BCUT2D eigenvalue weighted by molar-refractivity contribution is 5.94. The van der Waals surface area contributed by atoms with Crippen LogP contribution in [0.5, 0.6) is 0 Å². The largest absolute Gasteiger partial charge is 0.480 e. The van der Waals surface area contributed by atoms with E-state index in [-0.39, 0.29) is 24.8 Å². The van der Waals surface area contributed by atoms with Crippen molar-refractivity contribution in [1.29, 1.82) is 0 Å². The summed E-state index contributed by atoms with van der Waals surface area (Å²) < 4.78 is 0. The van der Waals surface area contributed by atoms with Gasteiger partial charge in [0, 0.05) is 19.2 Å². The number of carbonyl (C=O) groups is 3. The molecule has 0 fully saturated rings. The third-order valence-corrected chi connectivity index (χ3v) is 4.58. The molecule has 0 saturated heterocycles. The van der Waals surface area contributed by atoms with Gasteiger partial charge in [-0.2, -0.15) is 0 Å². The van der Waals surface area contributed by atoms with E-state index in [1.54, 1.807) is 12.1 Å². The summed E-state index contributed by atoms with van der Waals surface area (Å²) in [5.41, 5.74) is 2.60. The second-order valence-electron chi connectivity index (χ2n) is 7.42. The van der Waals surface area contributed by atoms with Crippen molar-refractivity contribution in [2.24, 2.45) is 5.92 Å². The van der Waals surface area contributed by atoms with Gasteiger partial charge in [0.15, 0.2) is 0 Å². The maximum absolute atomic E-state index is 12.3. The predicted octanol–water partition coefficient (Wildman–Crippen LogP) is 2.74. The van der Waals surface area contributed by atoms with E-state index >= 15 is 0 Å². The van der Waals surface area contributed by atoms with E-state index in [1.807, 2.05) is 56.3 Å². The Kier molecular flexibility index (Phi) is 11.8. The second-order valence-corrected chi connectivity index (χ2v) is 7.42. The zero-order valence-corrected chi connectivity index (χ0v) is 18.2. The van der Waals surface area contributed by atoms with Crippen molar-refractivity contribution < 1.29 is 24.6 Å². The molecule has 0 bridgehead atoms. The normalized spacial score (nSPS) is 12.3. The van der Waals surface area contributed by atoms with Gasteiger partial charge in [0.25, 0.3) is 5.91 Å². The lowest BCUT2D eigenvalue weighted by Crippen LogP contribution is -2.46. The lowest BCUT2D eigenvalue weighted by atomic mass is 10.0. The van der Waals surface area contributed by atoms with Gasteiger partial charge < -0.3 is 20.3 Å². The number of aliphatic hydroxyl groups is 1. The highest BCUT2D eigenvalue weighted by Gasteiger charge is 2.22. The van der Waals surface area contributed by atoms with Crippen molar-refractivity contribution in [2.75, 3.05) is 13.7 Å². The molecule has 1 amide bonds. The summed E-state index contributed by atoms with van der Waals surface area (Å²) in [6.07, 6.45) is 1.49. The van der Waals surface area contributed by atoms with Crippen LogP contribution in [0.15, 0.2) is 54.6 Å². The van der Waals surface area contributed by atoms with Crippen LogP contribution in [-0.4, -0.2) is 54.1 Å². The molecule has 2 aromatic rings. The van der Waals surface area contributed by atoms with E-state index in [4.69, 9.17) is 5.11 Å². The van der Waals surface area contributed by atoms with Gasteiger partial charge in [-0.3, -0.25) is 14.9 Å². The van der Waals surface area contributed by atoms with E-state index in [1.165, 1.54) is 0 Å². The zero-order valence-electron chi connectivity index (χ0n) is 18.2. The minimum Gasteiger partial charge on any atom is -0.480 e. The number of aldehydes is 1. The van der Waals surface area contributed by atoms with E-state index in [9.17, 15) is 19.5 Å². The molecular weight excluding hydrogens is 396 g/mol. The average Bonchev–Trinajstić information content (AvgIpc) is 2.79. The molecule has 7 heteroatoms. The first-order chi connectivity index (χ1) is 14.9. The minimum absolute atomic E-state index is 0.186. The molecule has 7 nitrogen and oxygen atoms in total. The number of nitrogens with one attached hydrogen (secondary N) is 2. The fourth-order valence-electron chi connectivity index (χ4n) is 3.08. The van der Waals surface area contributed by atoms with E-state index < -0.39 is 18.1 Å². The van der Waals surface area contributed by atoms with Crippen molar-refractivity contribution in [2.45, 2.75) is 38.8 Å². The predicted molar refractivity (Wildman–Crippen MR) is 121 cm³/mol. The number of aliphatic carboxylic acids is 1. The molecule has 2 atom stereocenters. The number of carboxylic acids is 1. The number of amides is 1. The SMILES string of the molecule is CC(C)C[C@@H](C=O)N[C@@H](CCNC(=O)c1ccc(-c2ccccc2)cc1)C(=O)O.CO. The third kappa shape index (κ3) is 9.11. The Morgan fingerprint density at radius 2 is 1.55 bits per heavy atom. The van der Waals surface area contributed by atoms with E-state index in [0.717, 1.165) is 24.5 Å². The Balaban J connectivity index is 0.00000233. The quantitative estimate of drug-likeness (QED) is 0.409. The number of carbonyl (C=O) groups excluding carboxylic acids is 2. The molecule has 0 unspecified atom stereocenters. The standard InChI is InChI=1S/C23H28N2O4.CH4O/c1-16(2)14-20(15-26)25-21(23(28)29)12-13-24-22(27)19-10-8-18(9-11-19)17-6-4-3-5-7-17;1-2/h3-11,15-16,20-21,25H,12-14H2,1-2H3,(H,24,27)(H,28,29);2H,1H3/t20-,21-;/m0./s1. The Morgan fingerprint density at radius 3 is 2.06 bits per heavy atom. The monoisotopic (exact) mass is 428 g/mol. The molecule has 0 spiro atoms. The number of hydrogen-bond donors (Lipinski definition) is 4. The number of hydrogen-bond acceptors (Lipinski definition) is 5. The topological polar surface area (TPSA) is 116 Å². The summed E-state index contributed by atoms with van der Waals surface area (Å²) in [6.45, 7) is 4.13. The van der Waals surface area contributed by atoms with E-state index in [0.29, 0.717) is 12.0 Å². The molecule has 2 aromatic carbocycles. The molecule has 0 aliphatic rings. The summed E-state index contributed by atoms with van der Waals surface area (Å²) in [5, 5.41) is 22.0. The van der Waals surface area contributed by atoms with Crippen LogP contribution >= 0.6 is 0 Å². The zero-order chi connectivity index (χ0) is 23.2. The Bertz CT molecular complexity index is 806. The maximum atomic E-state index is 12.3. The van der Waals surface area contributed by atoms with Crippen LogP contribution in [0.25, 0.3) is 11.1 Å². The summed E-state index contributed by atoms with van der Waals surface area (Å²) in [4.78, 5) is 35.0. The highest BCUT2D eigenvalue weighted by atomic mass is 16.4.